The summed E-state index contributed by atoms with van der Waals surface area (Å²) >= 11 is 6.62. The van der Waals surface area contributed by atoms with Crippen LogP contribution in [0.25, 0.3) is 0 Å². The number of thiazole rings is 1. The van der Waals surface area contributed by atoms with E-state index in [-0.39, 0.29) is 4.34 Å². The second-order valence-corrected chi connectivity index (χ2v) is 6.44. The minimum absolute atomic E-state index is 0.185. The van der Waals surface area contributed by atoms with Crippen molar-refractivity contribution in [3.05, 3.63) is 11.6 Å². The second kappa shape index (κ2) is 4.39. The first-order valence-corrected chi connectivity index (χ1v) is 6.74. The highest BCUT2D eigenvalue weighted by molar-refractivity contribution is 7.93. The molecule has 1 heterocycles. The van der Waals surface area contributed by atoms with Crippen molar-refractivity contribution < 1.29 is 8.42 Å². The lowest BCUT2D eigenvalue weighted by Crippen LogP contribution is -2.18. The molecule has 6 heteroatoms. The van der Waals surface area contributed by atoms with Crippen LogP contribution in [-0.4, -0.2) is 24.5 Å². The minimum atomic E-state index is -3.23. The molecular weight excluding hydrogens is 230 g/mol. The summed E-state index contributed by atoms with van der Waals surface area (Å²) in [4.78, 5) is 3.78. The Hall–Kier alpha value is -0.130. The smallest absolute Gasteiger partial charge is 0.209 e. The zero-order valence-corrected chi connectivity index (χ0v) is 9.49. The molecule has 0 aliphatic carbocycles. The van der Waals surface area contributed by atoms with Crippen molar-refractivity contribution in [3.63, 3.8) is 0 Å². The number of halogens is 1. The van der Waals surface area contributed by atoms with Crippen LogP contribution in [-0.2, 0) is 9.84 Å². The first-order valence-electron chi connectivity index (χ1n) is 3.78. The fourth-order valence-electron chi connectivity index (χ4n) is 0.832. The van der Waals surface area contributed by atoms with Crippen molar-refractivity contribution in [3.8, 4) is 0 Å². The van der Waals surface area contributed by atoms with Gasteiger partial charge in [0.25, 0.3) is 0 Å². The summed E-state index contributed by atoms with van der Waals surface area (Å²) in [6, 6.07) is 0. The molecule has 0 spiro atoms. The average molecular weight is 240 g/mol. The van der Waals surface area contributed by atoms with Gasteiger partial charge in [0, 0.05) is 17.5 Å². The van der Waals surface area contributed by atoms with E-state index >= 15 is 0 Å². The van der Waals surface area contributed by atoms with Gasteiger partial charge in [-0.25, -0.2) is 13.4 Å². The molecule has 1 rings (SSSR count). The molecule has 0 saturated heterocycles. The van der Waals surface area contributed by atoms with Crippen LogP contribution in [0.15, 0.2) is 15.9 Å². The monoisotopic (exact) mass is 239 g/mol. The lowest BCUT2D eigenvalue weighted by Gasteiger charge is -2.07. The number of hydrogen-bond donors (Lipinski definition) is 0. The van der Waals surface area contributed by atoms with Crippen molar-refractivity contribution >= 4 is 32.8 Å². The maximum Gasteiger partial charge on any atom is 0.209 e. The van der Waals surface area contributed by atoms with E-state index in [1.807, 2.05) is 0 Å². The molecule has 0 aromatic carbocycles. The van der Waals surface area contributed by atoms with Crippen LogP contribution in [0.1, 0.15) is 13.3 Å². The third-order valence-electron chi connectivity index (χ3n) is 1.70. The molecule has 1 unspecified atom stereocenters. The highest BCUT2D eigenvalue weighted by atomic mass is 35.5. The molecule has 0 N–H and O–H groups in total. The van der Waals surface area contributed by atoms with Crippen LogP contribution in [0.3, 0.4) is 0 Å². The van der Waals surface area contributed by atoms with Gasteiger partial charge in [-0.1, -0.05) is 0 Å². The molecule has 0 aliphatic heterocycles. The van der Waals surface area contributed by atoms with Crippen molar-refractivity contribution in [2.24, 2.45) is 0 Å². The SMILES string of the molecule is CC(CCCl)S(=O)(=O)c1nccs1. The van der Waals surface area contributed by atoms with Gasteiger partial charge < -0.3 is 0 Å². The number of rotatable bonds is 4. The van der Waals surface area contributed by atoms with Gasteiger partial charge in [0.15, 0.2) is 0 Å². The summed E-state index contributed by atoms with van der Waals surface area (Å²) in [6.07, 6.45) is 1.95. The highest BCUT2D eigenvalue weighted by Crippen LogP contribution is 2.20. The number of nitrogens with zero attached hydrogens (tertiary/aromatic N) is 1. The van der Waals surface area contributed by atoms with Crippen LogP contribution >= 0.6 is 22.9 Å². The van der Waals surface area contributed by atoms with Crippen molar-refractivity contribution in [1.29, 1.82) is 0 Å². The topological polar surface area (TPSA) is 47.0 Å². The summed E-state index contributed by atoms with van der Waals surface area (Å²) in [5.74, 6) is 0.353. The number of aromatic nitrogens is 1. The molecule has 1 atom stereocenters. The van der Waals surface area contributed by atoms with Gasteiger partial charge in [0.2, 0.25) is 14.2 Å². The van der Waals surface area contributed by atoms with Gasteiger partial charge in [0.1, 0.15) is 0 Å². The first-order chi connectivity index (χ1) is 6.09. The maximum absolute atomic E-state index is 11.7. The third kappa shape index (κ3) is 2.42. The predicted octanol–water partition coefficient (Wildman–Crippen LogP) is 1.93. The molecule has 0 aliphatic rings. The van der Waals surface area contributed by atoms with Crippen molar-refractivity contribution in [2.45, 2.75) is 22.9 Å². The van der Waals surface area contributed by atoms with E-state index in [1.54, 1.807) is 12.3 Å². The molecular formula is C7H10ClNO2S2. The fourth-order valence-corrected chi connectivity index (χ4v) is 3.82. The molecule has 0 fully saturated rings. The quantitative estimate of drug-likeness (QED) is 0.755. The number of hydrogen-bond acceptors (Lipinski definition) is 4. The van der Waals surface area contributed by atoms with Crippen LogP contribution in [0.4, 0.5) is 0 Å². The van der Waals surface area contributed by atoms with Gasteiger partial charge in [-0.2, -0.15) is 0 Å². The zero-order valence-electron chi connectivity index (χ0n) is 7.10. The zero-order chi connectivity index (χ0) is 9.90. The second-order valence-electron chi connectivity index (χ2n) is 2.63. The maximum atomic E-state index is 11.7. The Morgan fingerprint density at radius 1 is 1.69 bits per heavy atom. The fraction of sp³-hybridized carbons (Fsp3) is 0.571. The highest BCUT2D eigenvalue weighted by Gasteiger charge is 2.24. The standard InChI is InChI=1S/C7H10ClNO2S2/c1-6(2-3-8)13(10,11)7-9-4-5-12-7/h4-6H,2-3H2,1H3. The lowest BCUT2D eigenvalue weighted by molar-refractivity contribution is 0.580. The van der Waals surface area contributed by atoms with Crippen LogP contribution < -0.4 is 0 Å². The van der Waals surface area contributed by atoms with E-state index < -0.39 is 15.1 Å². The number of alkyl halides is 1. The first kappa shape index (κ1) is 10.9. The Morgan fingerprint density at radius 3 is 2.85 bits per heavy atom. The normalized spacial score (nSPS) is 14.3. The molecule has 1 aromatic heterocycles. The van der Waals surface area contributed by atoms with Gasteiger partial charge >= 0.3 is 0 Å². The summed E-state index contributed by atoms with van der Waals surface area (Å²) in [5, 5.41) is 1.21. The van der Waals surface area contributed by atoms with Crippen LogP contribution in [0.2, 0.25) is 0 Å². The van der Waals surface area contributed by atoms with E-state index in [0.29, 0.717) is 12.3 Å². The van der Waals surface area contributed by atoms with E-state index in [9.17, 15) is 8.42 Å². The Kier molecular flexibility index (Phi) is 3.70. The Labute approximate surface area is 86.7 Å². The Balaban J connectivity index is 2.90. The van der Waals surface area contributed by atoms with E-state index in [2.05, 4.69) is 4.98 Å². The third-order valence-corrected chi connectivity index (χ3v) is 5.35. The van der Waals surface area contributed by atoms with Gasteiger partial charge in [-0.3, -0.25) is 0 Å². The van der Waals surface area contributed by atoms with E-state index in [4.69, 9.17) is 11.6 Å². The largest absolute Gasteiger partial charge is 0.234 e. The lowest BCUT2D eigenvalue weighted by atomic mass is 10.4. The molecule has 13 heavy (non-hydrogen) atoms. The summed E-state index contributed by atoms with van der Waals surface area (Å²) in [5.41, 5.74) is 0. The number of sulfone groups is 1. The van der Waals surface area contributed by atoms with Crippen LogP contribution in [0, 0.1) is 0 Å². The molecule has 1 aromatic rings. The average Bonchev–Trinajstić information content (AvgIpc) is 2.56. The molecule has 0 amide bonds. The van der Waals surface area contributed by atoms with Gasteiger partial charge in [0.05, 0.1) is 5.25 Å². The minimum Gasteiger partial charge on any atom is -0.234 e. The Bertz CT molecular complexity index is 347. The molecule has 0 radical (unpaired) electrons. The van der Waals surface area contributed by atoms with Gasteiger partial charge in [-0.15, -0.1) is 22.9 Å². The van der Waals surface area contributed by atoms with Gasteiger partial charge in [-0.05, 0) is 13.3 Å². The molecule has 74 valence electrons. The van der Waals surface area contributed by atoms with Crippen molar-refractivity contribution in [1.82, 2.24) is 4.98 Å². The molecule has 3 nitrogen and oxygen atoms in total. The predicted molar refractivity (Wildman–Crippen MR) is 54.1 cm³/mol. The Morgan fingerprint density at radius 2 is 2.38 bits per heavy atom. The summed E-state index contributed by atoms with van der Waals surface area (Å²) in [6.45, 7) is 1.65. The summed E-state index contributed by atoms with van der Waals surface area (Å²) in [7, 11) is -3.23. The molecule has 0 bridgehead atoms. The molecule has 0 saturated carbocycles. The van der Waals surface area contributed by atoms with Crippen LogP contribution in [0.5, 0.6) is 0 Å². The van der Waals surface area contributed by atoms with E-state index in [0.717, 1.165) is 11.3 Å². The van der Waals surface area contributed by atoms with Crippen molar-refractivity contribution in [2.75, 3.05) is 5.88 Å². The summed E-state index contributed by atoms with van der Waals surface area (Å²) < 4.78 is 23.5. The van der Waals surface area contributed by atoms with E-state index in [1.165, 1.54) is 6.20 Å².